The minimum Gasteiger partial charge on any atom is -0.492 e. The number of rotatable bonds is 6. The molecule has 0 bridgehead atoms. The van der Waals surface area contributed by atoms with Crippen LogP contribution >= 0.6 is 0 Å². The molecule has 6 heteroatoms. The van der Waals surface area contributed by atoms with Gasteiger partial charge in [0.05, 0.1) is 6.54 Å². The van der Waals surface area contributed by atoms with Gasteiger partial charge in [-0.25, -0.2) is 0 Å². The van der Waals surface area contributed by atoms with Crippen molar-refractivity contribution in [1.82, 2.24) is 10.3 Å². The van der Waals surface area contributed by atoms with Crippen LogP contribution in [0, 0.1) is 5.41 Å². The Kier molecular flexibility index (Phi) is 4.47. The van der Waals surface area contributed by atoms with Gasteiger partial charge in [-0.15, -0.1) is 0 Å². The highest BCUT2D eigenvalue weighted by Gasteiger charge is 2.06. The zero-order valence-electron chi connectivity index (χ0n) is 13.0. The number of carbonyl (C=O) groups excluding carboxylic acids is 1. The van der Waals surface area contributed by atoms with Crippen molar-refractivity contribution >= 4 is 22.6 Å². The van der Waals surface area contributed by atoms with E-state index >= 15 is 0 Å². The molecule has 122 valence electrons. The predicted octanol–water partition coefficient (Wildman–Crippen LogP) is 2.26. The quantitative estimate of drug-likeness (QED) is 0.318. The maximum Gasteiger partial charge on any atom is 0.251 e. The van der Waals surface area contributed by atoms with E-state index in [1.165, 1.54) is 0 Å². The molecule has 0 atom stereocenters. The summed E-state index contributed by atoms with van der Waals surface area (Å²) >= 11 is 0. The molecular weight excluding hydrogens is 304 g/mol. The molecule has 1 amide bonds. The molecule has 0 fully saturated rings. The van der Waals surface area contributed by atoms with Gasteiger partial charge in [0.1, 0.15) is 18.2 Å². The van der Waals surface area contributed by atoms with E-state index in [1.54, 1.807) is 30.3 Å². The molecule has 6 nitrogen and oxygen atoms in total. The number of aromatic nitrogens is 1. The number of ether oxygens (including phenoxy) is 1. The van der Waals surface area contributed by atoms with Crippen molar-refractivity contribution < 1.29 is 9.53 Å². The maximum absolute atomic E-state index is 12.1. The Labute approximate surface area is 139 Å². The first-order valence-electron chi connectivity index (χ1n) is 7.56. The van der Waals surface area contributed by atoms with Gasteiger partial charge < -0.3 is 20.8 Å². The number of nitrogens with two attached hydrogens (primary N) is 1. The number of hydrogen-bond donors (Lipinski definition) is 4. The van der Waals surface area contributed by atoms with E-state index in [4.69, 9.17) is 15.9 Å². The van der Waals surface area contributed by atoms with Crippen molar-refractivity contribution in [2.75, 3.05) is 13.2 Å². The zero-order valence-corrected chi connectivity index (χ0v) is 13.0. The molecule has 24 heavy (non-hydrogen) atoms. The van der Waals surface area contributed by atoms with Crippen LogP contribution in [-0.4, -0.2) is 29.9 Å². The van der Waals surface area contributed by atoms with Gasteiger partial charge in [-0.2, -0.15) is 0 Å². The Hall–Kier alpha value is -3.28. The lowest BCUT2D eigenvalue weighted by Gasteiger charge is -2.09. The standard InChI is InChI=1S/C18H18N4O2/c19-17(20)13-2-1-3-15(11-13)24-9-8-22-18(23)14-4-5-16-12(10-14)6-7-21-16/h1-7,10-11,21H,8-9H2,(H3,19,20)(H,22,23). The summed E-state index contributed by atoms with van der Waals surface area (Å²) in [6.45, 7) is 0.716. The summed E-state index contributed by atoms with van der Waals surface area (Å²) in [5.74, 6) is 0.471. The number of amides is 1. The van der Waals surface area contributed by atoms with E-state index in [2.05, 4.69) is 10.3 Å². The number of carbonyl (C=O) groups is 1. The molecule has 0 radical (unpaired) electrons. The lowest BCUT2D eigenvalue weighted by Crippen LogP contribution is -2.28. The highest BCUT2D eigenvalue weighted by molar-refractivity contribution is 5.98. The third-order valence-electron chi connectivity index (χ3n) is 3.62. The van der Waals surface area contributed by atoms with Crippen LogP contribution in [0.4, 0.5) is 0 Å². The molecule has 0 unspecified atom stereocenters. The number of H-pyrrole nitrogens is 1. The number of amidine groups is 1. The molecule has 2 aromatic carbocycles. The Morgan fingerprint density at radius 1 is 1.17 bits per heavy atom. The fraction of sp³-hybridized carbons (Fsp3) is 0.111. The molecule has 0 aliphatic rings. The first-order valence-corrected chi connectivity index (χ1v) is 7.56. The SMILES string of the molecule is N=C(N)c1cccc(OCCNC(=O)c2ccc3[nH]ccc3c2)c1. The van der Waals surface area contributed by atoms with Crippen molar-refractivity contribution in [1.29, 1.82) is 5.41 Å². The number of aromatic amines is 1. The van der Waals surface area contributed by atoms with E-state index < -0.39 is 0 Å². The second kappa shape index (κ2) is 6.87. The smallest absolute Gasteiger partial charge is 0.251 e. The fourth-order valence-corrected chi connectivity index (χ4v) is 2.38. The fourth-order valence-electron chi connectivity index (χ4n) is 2.38. The maximum atomic E-state index is 12.1. The van der Waals surface area contributed by atoms with Gasteiger partial charge in [0.2, 0.25) is 0 Å². The topological polar surface area (TPSA) is 104 Å². The highest BCUT2D eigenvalue weighted by atomic mass is 16.5. The molecule has 5 N–H and O–H groups in total. The first-order chi connectivity index (χ1) is 11.6. The minimum atomic E-state index is -0.140. The molecule has 0 aliphatic heterocycles. The molecule has 0 aliphatic carbocycles. The van der Waals surface area contributed by atoms with Crippen LogP contribution < -0.4 is 15.8 Å². The Balaban J connectivity index is 1.51. The molecule has 1 heterocycles. The van der Waals surface area contributed by atoms with Gasteiger partial charge in [0.25, 0.3) is 5.91 Å². The van der Waals surface area contributed by atoms with Crippen molar-refractivity contribution in [2.24, 2.45) is 5.73 Å². The van der Waals surface area contributed by atoms with Crippen molar-refractivity contribution in [3.8, 4) is 5.75 Å². The van der Waals surface area contributed by atoms with Gasteiger partial charge in [-0.3, -0.25) is 10.2 Å². The highest BCUT2D eigenvalue weighted by Crippen LogP contribution is 2.14. The van der Waals surface area contributed by atoms with E-state index in [0.29, 0.717) is 30.0 Å². The van der Waals surface area contributed by atoms with Crippen LogP contribution in [0.5, 0.6) is 5.75 Å². The first kappa shape index (κ1) is 15.6. The molecule has 1 aromatic heterocycles. The van der Waals surface area contributed by atoms with Gasteiger partial charge in [0.15, 0.2) is 0 Å². The molecular formula is C18H18N4O2. The van der Waals surface area contributed by atoms with Crippen LogP contribution in [0.2, 0.25) is 0 Å². The normalized spacial score (nSPS) is 10.5. The average Bonchev–Trinajstić information content (AvgIpc) is 3.06. The van der Waals surface area contributed by atoms with E-state index in [9.17, 15) is 4.79 Å². The lowest BCUT2D eigenvalue weighted by molar-refractivity contribution is 0.0947. The monoisotopic (exact) mass is 322 g/mol. The number of nitrogen functional groups attached to an aromatic ring is 1. The van der Waals surface area contributed by atoms with Gasteiger partial charge >= 0.3 is 0 Å². The molecule has 0 saturated carbocycles. The molecule has 0 saturated heterocycles. The summed E-state index contributed by atoms with van der Waals surface area (Å²) < 4.78 is 5.57. The largest absolute Gasteiger partial charge is 0.492 e. The van der Waals surface area contributed by atoms with E-state index in [1.807, 2.05) is 24.4 Å². The van der Waals surface area contributed by atoms with Gasteiger partial charge in [-0.1, -0.05) is 12.1 Å². The van der Waals surface area contributed by atoms with Crippen LogP contribution in [0.1, 0.15) is 15.9 Å². The van der Waals surface area contributed by atoms with Gasteiger partial charge in [0, 0.05) is 28.2 Å². The average molecular weight is 322 g/mol. The summed E-state index contributed by atoms with van der Waals surface area (Å²) in [7, 11) is 0. The summed E-state index contributed by atoms with van der Waals surface area (Å²) in [5, 5.41) is 11.2. The second-order valence-electron chi connectivity index (χ2n) is 5.33. The minimum absolute atomic E-state index is 0.00565. The zero-order chi connectivity index (χ0) is 16.9. The molecule has 0 spiro atoms. The van der Waals surface area contributed by atoms with E-state index in [0.717, 1.165) is 10.9 Å². The molecule has 3 rings (SSSR count). The number of nitrogens with one attached hydrogen (secondary N) is 3. The van der Waals surface area contributed by atoms with Crippen molar-refractivity contribution in [3.05, 3.63) is 65.9 Å². The lowest BCUT2D eigenvalue weighted by atomic mass is 10.1. The Bertz CT molecular complexity index is 885. The summed E-state index contributed by atoms with van der Waals surface area (Å²) in [6.07, 6.45) is 1.84. The third-order valence-corrected chi connectivity index (χ3v) is 3.62. The molecule has 3 aromatic rings. The summed E-state index contributed by atoms with van der Waals surface area (Å²) in [4.78, 5) is 15.2. The second-order valence-corrected chi connectivity index (χ2v) is 5.33. The van der Waals surface area contributed by atoms with Crippen molar-refractivity contribution in [3.63, 3.8) is 0 Å². The number of benzene rings is 2. The van der Waals surface area contributed by atoms with Crippen LogP contribution in [0.25, 0.3) is 10.9 Å². The number of hydrogen-bond acceptors (Lipinski definition) is 3. The Morgan fingerprint density at radius 2 is 2.04 bits per heavy atom. The number of fused-ring (bicyclic) bond motifs is 1. The van der Waals surface area contributed by atoms with Gasteiger partial charge in [-0.05, 0) is 36.4 Å². The van der Waals surface area contributed by atoms with Crippen LogP contribution in [0.15, 0.2) is 54.7 Å². The third kappa shape index (κ3) is 3.55. The summed E-state index contributed by atoms with van der Waals surface area (Å²) in [6, 6.07) is 14.4. The Morgan fingerprint density at radius 3 is 2.88 bits per heavy atom. The predicted molar refractivity (Wildman–Crippen MR) is 93.6 cm³/mol. The van der Waals surface area contributed by atoms with Crippen molar-refractivity contribution in [2.45, 2.75) is 0 Å². The summed E-state index contributed by atoms with van der Waals surface area (Å²) in [5.41, 5.74) is 7.66. The van der Waals surface area contributed by atoms with E-state index in [-0.39, 0.29) is 11.7 Å². The van der Waals surface area contributed by atoms with Crippen LogP contribution in [0.3, 0.4) is 0 Å². The van der Waals surface area contributed by atoms with Crippen LogP contribution in [-0.2, 0) is 0 Å².